The summed E-state index contributed by atoms with van der Waals surface area (Å²) < 4.78 is 0. The molecule has 0 saturated carbocycles. The summed E-state index contributed by atoms with van der Waals surface area (Å²) in [6.45, 7) is 1.87. The van der Waals surface area contributed by atoms with Gasteiger partial charge >= 0.3 is 0 Å². The number of nitrogen functional groups attached to an aromatic ring is 1. The molecule has 0 bridgehead atoms. The van der Waals surface area contributed by atoms with Gasteiger partial charge in [0.2, 0.25) is 0 Å². The largest absolute Gasteiger partial charge is 0.399 e. The maximum absolute atomic E-state index is 12.5. The molecule has 0 heterocycles. The first kappa shape index (κ1) is 14.5. The number of nitrogens with zero attached hydrogens (tertiary/aromatic N) is 2. The predicted molar refractivity (Wildman–Crippen MR) is 81.4 cm³/mol. The Balaban J connectivity index is 2.47. The Labute approximate surface area is 121 Å². The highest BCUT2D eigenvalue weighted by molar-refractivity contribution is 6.09. The van der Waals surface area contributed by atoms with Gasteiger partial charge in [0.15, 0.2) is 0 Å². The number of carbonyl (C=O) groups excluding carboxylic acids is 1. The summed E-state index contributed by atoms with van der Waals surface area (Å²) in [4.78, 5) is 24.4. The number of benzene rings is 2. The Bertz CT molecular complexity index is 713. The normalized spacial score (nSPS) is 10.2. The molecule has 2 aromatic carbocycles. The van der Waals surface area contributed by atoms with Crippen molar-refractivity contribution in [3.8, 4) is 0 Å². The predicted octanol–water partition coefficient (Wildman–Crippen LogP) is 2.76. The average molecular weight is 285 g/mol. The topological polar surface area (TPSA) is 89.5 Å². The fraction of sp³-hybridized carbons (Fsp3) is 0.133. The van der Waals surface area contributed by atoms with Crippen LogP contribution < -0.4 is 10.6 Å². The first-order valence-electron chi connectivity index (χ1n) is 6.29. The summed E-state index contributed by atoms with van der Waals surface area (Å²) in [6, 6.07) is 11.3. The van der Waals surface area contributed by atoms with E-state index in [2.05, 4.69) is 0 Å². The van der Waals surface area contributed by atoms with Gasteiger partial charge in [-0.1, -0.05) is 18.2 Å². The quantitative estimate of drug-likeness (QED) is 0.533. The lowest BCUT2D eigenvalue weighted by Gasteiger charge is -2.19. The minimum Gasteiger partial charge on any atom is -0.399 e. The Hall–Kier alpha value is -2.89. The summed E-state index contributed by atoms with van der Waals surface area (Å²) in [5.41, 5.74) is 7.27. The maximum Gasteiger partial charge on any atom is 0.282 e. The molecule has 6 nitrogen and oxygen atoms in total. The number of para-hydroxylation sites is 1. The number of nitro groups is 1. The molecule has 21 heavy (non-hydrogen) atoms. The van der Waals surface area contributed by atoms with E-state index >= 15 is 0 Å². The molecular weight excluding hydrogens is 270 g/mol. The molecule has 1 amide bonds. The number of aryl methyl sites for hydroxylation is 1. The van der Waals surface area contributed by atoms with Gasteiger partial charge in [-0.05, 0) is 30.7 Å². The fourth-order valence-electron chi connectivity index (χ4n) is 2.11. The SMILES string of the molecule is Cc1ccccc1N(C)C(=O)c1cc(N)ccc1[N+](=O)[O-]. The van der Waals surface area contributed by atoms with Crippen LogP contribution in [0.15, 0.2) is 42.5 Å². The molecule has 108 valence electrons. The zero-order valence-corrected chi connectivity index (χ0v) is 11.7. The number of nitrogens with two attached hydrogens (primary N) is 1. The van der Waals surface area contributed by atoms with E-state index in [0.717, 1.165) is 5.56 Å². The lowest BCUT2D eigenvalue weighted by atomic mass is 10.1. The van der Waals surface area contributed by atoms with Crippen LogP contribution in [0.1, 0.15) is 15.9 Å². The number of rotatable bonds is 3. The van der Waals surface area contributed by atoms with Crippen LogP contribution in [-0.4, -0.2) is 17.9 Å². The van der Waals surface area contributed by atoms with Crippen molar-refractivity contribution in [3.63, 3.8) is 0 Å². The number of anilines is 2. The van der Waals surface area contributed by atoms with Crippen molar-refractivity contribution in [1.29, 1.82) is 0 Å². The van der Waals surface area contributed by atoms with Gasteiger partial charge in [0.25, 0.3) is 11.6 Å². The smallest absolute Gasteiger partial charge is 0.282 e. The molecule has 0 saturated heterocycles. The van der Waals surface area contributed by atoms with Gasteiger partial charge in [0.1, 0.15) is 5.56 Å². The minimum atomic E-state index is -0.585. The first-order chi connectivity index (χ1) is 9.91. The highest BCUT2D eigenvalue weighted by Gasteiger charge is 2.24. The monoisotopic (exact) mass is 285 g/mol. The molecule has 0 aromatic heterocycles. The van der Waals surface area contributed by atoms with Gasteiger partial charge in [-0.25, -0.2) is 0 Å². The summed E-state index contributed by atoms with van der Waals surface area (Å²) in [5.74, 6) is -0.469. The van der Waals surface area contributed by atoms with Crippen LogP contribution in [0.5, 0.6) is 0 Å². The van der Waals surface area contributed by atoms with E-state index in [0.29, 0.717) is 11.4 Å². The minimum absolute atomic E-state index is 0.0225. The molecule has 6 heteroatoms. The molecule has 0 radical (unpaired) electrons. The highest BCUT2D eigenvalue weighted by atomic mass is 16.6. The van der Waals surface area contributed by atoms with E-state index in [1.807, 2.05) is 19.1 Å². The average Bonchev–Trinajstić information content (AvgIpc) is 2.45. The number of amides is 1. The molecule has 0 aliphatic heterocycles. The standard InChI is InChI=1S/C15H15N3O3/c1-10-5-3-4-6-13(10)17(2)15(19)12-9-11(16)7-8-14(12)18(20)21/h3-9H,16H2,1-2H3. The van der Waals surface area contributed by atoms with Crippen molar-refractivity contribution in [2.75, 3.05) is 17.7 Å². The third kappa shape index (κ3) is 2.84. The lowest BCUT2D eigenvalue weighted by Crippen LogP contribution is -2.27. The van der Waals surface area contributed by atoms with Gasteiger partial charge in [-0.15, -0.1) is 0 Å². The Morgan fingerprint density at radius 2 is 1.90 bits per heavy atom. The third-order valence-corrected chi connectivity index (χ3v) is 3.23. The van der Waals surface area contributed by atoms with Crippen LogP contribution in [0.2, 0.25) is 0 Å². The van der Waals surface area contributed by atoms with Gasteiger partial charge in [0.05, 0.1) is 4.92 Å². The van der Waals surface area contributed by atoms with Gasteiger partial charge in [-0.2, -0.15) is 0 Å². The molecule has 0 atom stereocenters. The lowest BCUT2D eigenvalue weighted by molar-refractivity contribution is -0.385. The Kier molecular flexibility index (Phi) is 3.89. The van der Waals surface area contributed by atoms with Crippen LogP contribution >= 0.6 is 0 Å². The molecule has 2 N–H and O–H groups in total. The molecule has 0 unspecified atom stereocenters. The first-order valence-corrected chi connectivity index (χ1v) is 6.29. The van der Waals surface area contributed by atoms with Crippen molar-refractivity contribution >= 4 is 23.0 Å². The van der Waals surface area contributed by atoms with Crippen molar-refractivity contribution in [2.45, 2.75) is 6.92 Å². The van der Waals surface area contributed by atoms with Crippen molar-refractivity contribution < 1.29 is 9.72 Å². The number of hydrogen-bond acceptors (Lipinski definition) is 4. The molecule has 0 aliphatic carbocycles. The molecule has 2 aromatic rings. The number of hydrogen-bond donors (Lipinski definition) is 1. The van der Waals surface area contributed by atoms with Crippen molar-refractivity contribution in [3.05, 3.63) is 63.7 Å². The highest BCUT2D eigenvalue weighted by Crippen LogP contribution is 2.26. The molecular formula is C15H15N3O3. The maximum atomic E-state index is 12.5. The second-order valence-corrected chi connectivity index (χ2v) is 4.68. The van der Waals surface area contributed by atoms with Gasteiger partial charge in [-0.3, -0.25) is 14.9 Å². The van der Waals surface area contributed by atoms with E-state index < -0.39 is 10.8 Å². The molecule has 0 aliphatic rings. The summed E-state index contributed by atoms with van der Waals surface area (Å²) in [7, 11) is 1.58. The van der Waals surface area contributed by atoms with Crippen molar-refractivity contribution in [1.82, 2.24) is 0 Å². The van der Waals surface area contributed by atoms with E-state index in [-0.39, 0.29) is 11.3 Å². The number of carbonyl (C=O) groups is 1. The van der Waals surface area contributed by atoms with Crippen LogP contribution in [0, 0.1) is 17.0 Å². The summed E-state index contributed by atoms with van der Waals surface area (Å²) in [6.07, 6.45) is 0. The zero-order valence-electron chi connectivity index (χ0n) is 11.7. The van der Waals surface area contributed by atoms with E-state index in [9.17, 15) is 14.9 Å². The molecule has 0 fully saturated rings. The van der Waals surface area contributed by atoms with Gasteiger partial charge in [0, 0.05) is 24.5 Å². The fourth-order valence-corrected chi connectivity index (χ4v) is 2.11. The second kappa shape index (κ2) is 5.62. The van der Waals surface area contributed by atoms with E-state index in [1.54, 1.807) is 19.2 Å². The summed E-state index contributed by atoms with van der Waals surface area (Å²) in [5, 5.41) is 11.1. The Morgan fingerprint density at radius 3 is 2.52 bits per heavy atom. The Morgan fingerprint density at radius 1 is 1.24 bits per heavy atom. The molecule has 0 spiro atoms. The third-order valence-electron chi connectivity index (χ3n) is 3.23. The number of nitro benzene ring substituents is 1. The van der Waals surface area contributed by atoms with Crippen LogP contribution in [0.25, 0.3) is 0 Å². The van der Waals surface area contributed by atoms with E-state index in [4.69, 9.17) is 5.73 Å². The van der Waals surface area contributed by atoms with Crippen LogP contribution in [0.4, 0.5) is 17.1 Å². The van der Waals surface area contributed by atoms with Crippen molar-refractivity contribution in [2.24, 2.45) is 0 Å². The van der Waals surface area contributed by atoms with Crippen LogP contribution in [-0.2, 0) is 0 Å². The van der Waals surface area contributed by atoms with E-state index in [1.165, 1.54) is 23.1 Å². The molecule has 2 rings (SSSR count). The second-order valence-electron chi connectivity index (χ2n) is 4.68. The van der Waals surface area contributed by atoms with Gasteiger partial charge < -0.3 is 10.6 Å². The summed E-state index contributed by atoms with van der Waals surface area (Å²) >= 11 is 0. The zero-order chi connectivity index (χ0) is 15.6. The van der Waals surface area contributed by atoms with Crippen LogP contribution in [0.3, 0.4) is 0 Å².